The van der Waals surface area contributed by atoms with Crippen molar-refractivity contribution in [3.8, 4) is 0 Å². The van der Waals surface area contributed by atoms with Crippen LogP contribution in [0.15, 0.2) is 60.7 Å². The lowest BCUT2D eigenvalue weighted by molar-refractivity contribution is -0.918. The van der Waals surface area contributed by atoms with E-state index in [1.165, 1.54) is 18.4 Å². The number of rotatable bonds is 10. The van der Waals surface area contributed by atoms with E-state index in [4.69, 9.17) is 4.74 Å². The molecule has 4 nitrogen and oxygen atoms in total. The van der Waals surface area contributed by atoms with E-state index in [0.29, 0.717) is 23.4 Å². The molecule has 37 heavy (non-hydrogen) atoms. The second kappa shape index (κ2) is 11.3. The minimum Gasteiger partial charge on any atom is -0.837 e. The van der Waals surface area contributed by atoms with Crippen molar-refractivity contribution < 1.29 is 19.1 Å². The summed E-state index contributed by atoms with van der Waals surface area (Å²) >= 11 is 0. The minimum absolute atomic E-state index is 0.0974. The number of fused-ring (bicyclic) bond motifs is 2. The maximum atomic E-state index is 14.5. The zero-order chi connectivity index (χ0) is 25.9. The first-order valence-electron chi connectivity index (χ1n) is 14.7. The summed E-state index contributed by atoms with van der Waals surface area (Å²) in [6, 6.07) is 20.6. The van der Waals surface area contributed by atoms with Gasteiger partial charge in [0.05, 0.1) is 26.7 Å². The van der Waals surface area contributed by atoms with Crippen molar-refractivity contribution in [3.05, 3.63) is 71.8 Å². The van der Waals surface area contributed by atoms with Crippen LogP contribution in [-0.4, -0.2) is 43.2 Å². The van der Waals surface area contributed by atoms with Crippen LogP contribution in [0.3, 0.4) is 0 Å². The molecule has 3 aliphatic rings. The van der Waals surface area contributed by atoms with Crippen LogP contribution in [0.1, 0.15) is 75.3 Å². The van der Waals surface area contributed by atoms with E-state index in [9.17, 15) is 9.90 Å². The number of quaternary nitrogens is 1. The maximum Gasteiger partial charge on any atom is 0.300 e. The molecule has 0 saturated heterocycles. The quantitative estimate of drug-likeness (QED) is 0.240. The van der Waals surface area contributed by atoms with Gasteiger partial charge in [-0.05, 0) is 49.1 Å². The average Bonchev–Trinajstić information content (AvgIpc) is 3.49. The first-order chi connectivity index (χ1) is 17.9. The standard InChI is InChI=1S/C33H45NO3/c1-34(2,23-13-12-16-25-14-6-3-7-15-25)30-24-26-21-22-29(30)31(26)37-32(35)33(36,27-17-8-4-9-18-27)28-19-10-5-11-20-28/h3-4,6-9,14-15,17-18,26,28-31H,5,10-13,16,19-24H2,1-2H3/t26?,29?,30-,31?,33?/m0/s1. The molecule has 0 radical (unpaired) electrons. The smallest absolute Gasteiger partial charge is 0.300 e. The number of carbonyl (C=O) groups is 1. The molecule has 200 valence electrons. The molecule has 0 spiro atoms. The Labute approximate surface area is 223 Å². The SMILES string of the molecule is C[N+](C)(CCCCc1ccccc1)[C@H]1CC2CCC1C2OC(=O)C([O-])(c1ccccc1)C1CCCCC1. The summed E-state index contributed by atoms with van der Waals surface area (Å²) in [5.74, 6) is 0.0701. The largest absolute Gasteiger partial charge is 0.837 e. The van der Waals surface area contributed by atoms with Gasteiger partial charge in [-0.25, -0.2) is 0 Å². The van der Waals surface area contributed by atoms with E-state index in [0.717, 1.165) is 68.8 Å². The normalized spacial score (nSPS) is 27.6. The van der Waals surface area contributed by atoms with Gasteiger partial charge in [-0.2, -0.15) is 0 Å². The molecule has 2 bridgehead atoms. The van der Waals surface area contributed by atoms with Gasteiger partial charge in [0.1, 0.15) is 6.10 Å². The summed E-state index contributed by atoms with van der Waals surface area (Å²) in [7, 11) is 4.72. The van der Waals surface area contributed by atoms with Crippen LogP contribution in [-0.2, 0) is 21.6 Å². The summed E-state index contributed by atoms with van der Waals surface area (Å²) in [5.41, 5.74) is 0.210. The molecule has 5 atom stereocenters. The highest BCUT2D eigenvalue weighted by Crippen LogP contribution is 2.51. The van der Waals surface area contributed by atoms with Crippen molar-refractivity contribution in [3.63, 3.8) is 0 Å². The van der Waals surface area contributed by atoms with Crippen molar-refractivity contribution in [2.45, 2.75) is 88.4 Å². The summed E-state index contributed by atoms with van der Waals surface area (Å²) in [6.07, 6.45) is 11.6. The summed E-state index contributed by atoms with van der Waals surface area (Å²) in [6.45, 7) is 1.14. The number of hydrogen-bond acceptors (Lipinski definition) is 3. The molecule has 3 aliphatic carbocycles. The molecule has 0 N–H and O–H groups in total. The Kier molecular flexibility index (Phi) is 8.07. The molecule has 3 fully saturated rings. The van der Waals surface area contributed by atoms with Crippen LogP contribution in [0, 0.1) is 17.8 Å². The number of ether oxygens (including phenoxy) is 1. The van der Waals surface area contributed by atoms with Gasteiger partial charge < -0.3 is 14.3 Å². The fourth-order valence-electron chi connectivity index (χ4n) is 7.81. The van der Waals surface area contributed by atoms with Gasteiger partial charge >= 0.3 is 0 Å². The molecule has 4 unspecified atom stereocenters. The zero-order valence-electron chi connectivity index (χ0n) is 22.8. The molecule has 4 heteroatoms. The van der Waals surface area contributed by atoms with Gasteiger partial charge in [-0.1, -0.05) is 92.8 Å². The zero-order valence-corrected chi connectivity index (χ0v) is 22.8. The molecule has 0 aliphatic heterocycles. The molecule has 0 amide bonds. The van der Waals surface area contributed by atoms with Crippen LogP contribution in [0.2, 0.25) is 0 Å². The molecule has 0 aromatic heterocycles. The van der Waals surface area contributed by atoms with E-state index in [1.807, 2.05) is 30.3 Å². The van der Waals surface area contributed by atoms with Gasteiger partial charge in [0.15, 0.2) is 0 Å². The molecular formula is C33H45NO3. The molecular weight excluding hydrogens is 458 g/mol. The van der Waals surface area contributed by atoms with E-state index in [-0.39, 0.29) is 12.0 Å². The van der Waals surface area contributed by atoms with Crippen molar-refractivity contribution in [1.29, 1.82) is 0 Å². The predicted molar refractivity (Wildman–Crippen MR) is 146 cm³/mol. The number of esters is 1. The first-order valence-corrected chi connectivity index (χ1v) is 14.7. The van der Waals surface area contributed by atoms with Crippen molar-refractivity contribution in [1.82, 2.24) is 0 Å². The van der Waals surface area contributed by atoms with Crippen LogP contribution < -0.4 is 5.11 Å². The molecule has 2 aromatic carbocycles. The summed E-state index contributed by atoms with van der Waals surface area (Å²) < 4.78 is 7.30. The third kappa shape index (κ3) is 5.52. The molecule has 0 heterocycles. The lowest BCUT2D eigenvalue weighted by Gasteiger charge is -2.47. The molecule has 2 aromatic rings. The minimum atomic E-state index is -1.79. The number of nitrogens with zero attached hydrogens (tertiary/aromatic N) is 1. The van der Waals surface area contributed by atoms with Gasteiger partial charge in [-0.3, -0.25) is 4.79 Å². The summed E-state index contributed by atoms with van der Waals surface area (Å²) in [5, 5.41) is 14.5. The van der Waals surface area contributed by atoms with Crippen LogP contribution in [0.4, 0.5) is 0 Å². The van der Waals surface area contributed by atoms with E-state index >= 15 is 0 Å². The van der Waals surface area contributed by atoms with E-state index in [1.54, 1.807) is 0 Å². The Morgan fingerprint density at radius 1 is 0.919 bits per heavy atom. The average molecular weight is 504 g/mol. The molecule has 3 saturated carbocycles. The second-order valence-corrected chi connectivity index (χ2v) is 12.6. The van der Waals surface area contributed by atoms with Crippen molar-refractivity contribution >= 4 is 5.97 Å². The number of benzene rings is 2. The van der Waals surface area contributed by atoms with Gasteiger partial charge in [-0.15, -0.1) is 0 Å². The monoisotopic (exact) mass is 503 g/mol. The topological polar surface area (TPSA) is 49.4 Å². The Bertz CT molecular complexity index is 1020. The Hall–Kier alpha value is -2.17. The van der Waals surface area contributed by atoms with Crippen LogP contribution in [0.25, 0.3) is 0 Å². The summed E-state index contributed by atoms with van der Waals surface area (Å²) in [4.78, 5) is 13.8. The van der Waals surface area contributed by atoms with Crippen molar-refractivity contribution in [2.24, 2.45) is 17.8 Å². The third-order valence-corrected chi connectivity index (χ3v) is 9.92. The number of hydrogen-bond donors (Lipinski definition) is 0. The predicted octanol–water partition coefficient (Wildman–Crippen LogP) is 5.63. The Morgan fingerprint density at radius 2 is 1.59 bits per heavy atom. The van der Waals surface area contributed by atoms with Gasteiger partial charge in [0.2, 0.25) is 0 Å². The Balaban J connectivity index is 1.24. The van der Waals surface area contributed by atoms with Crippen LogP contribution in [0.5, 0.6) is 0 Å². The van der Waals surface area contributed by atoms with Gasteiger partial charge in [0.25, 0.3) is 5.97 Å². The Morgan fingerprint density at radius 3 is 2.30 bits per heavy atom. The second-order valence-electron chi connectivity index (χ2n) is 12.6. The maximum absolute atomic E-state index is 14.5. The van der Waals surface area contributed by atoms with Crippen LogP contribution >= 0.6 is 0 Å². The lowest BCUT2D eigenvalue weighted by Crippen LogP contribution is -2.57. The number of unbranched alkanes of at least 4 members (excludes halogenated alkanes) is 1. The lowest BCUT2D eigenvalue weighted by atomic mass is 9.73. The third-order valence-electron chi connectivity index (χ3n) is 9.92. The van der Waals surface area contributed by atoms with Crippen molar-refractivity contribution in [2.75, 3.05) is 20.6 Å². The fourth-order valence-corrected chi connectivity index (χ4v) is 7.81. The highest BCUT2D eigenvalue weighted by Gasteiger charge is 2.56. The van der Waals surface area contributed by atoms with Gasteiger partial charge in [0, 0.05) is 23.9 Å². The number of carbonyl (C=O) groups excluding carboxylic acids is 1. The van der Waals surface area contributed by atoms with E-state index in [2.05, 4.69) is 44.4 Å². The molecule has 5 rings (SSSR count). The number of aryl methyl sites for hydroxylation is 1. The van der Waals surface area contributed by atoms with E-state index < -0.39 is 11.6 Å². The highest BCUT2D eigenvalue weighted by molar-refractivity contribution is 5.81. The highest BCUT2D eigenvalue weighted by atomic mass is 16.6. The fraction of sp³-hybridized carbons (Fsp3) is 0.606. The first kappa shape index (κ1) is 26.4.